The maximum absolute atomic E-state index is 10.7. The van der Waals surface area contributed by atoms with Crippen LogP contribution in [-0.2, 0) is 6.54 Å². The largest absolute Gasteiger partial charge is 0.368 e. The van der Waals surface area contributed by atoms with E-state index in [-0.39, 0.29) is 0 Å². The van der Waals surface area contributed by atoms with Gasteiger partial charge in [-0.05, 0) is 29.6 Å². The summed E-state index contributed by atoms with van der Waals surface area (Å²) in [4.78, 5) is 13.9. The Bertz CT molecular complexity index is 584. The van der Waals surface area contributed by atoms with E-state index in [9.17, 15) is 4.79 Å². The first-order valence-electron chi connectivity index (χ1n) is 5.47. The smallest absolute Gasteiger partial charge is 0.150 e. The Kier molecular flexibility index (Phi) is 3.75. The van der Waals surface area contributed by atoms with Crippen LogP contribution in [0.1, 0.15) is 20.8 Å². The molecular weight excluding hydrogens is 244 g/mol. The third-order valence-electron chi connectivity index (χ3n) is 2.66. The lowest BCUT2D eigenvalue weighted by atomic mass is 10.1. The van der Waals surface area contributed by atoms with E-state index < -0.39 is 0 Å². The van der Waals surface area contributed by atoms with Gasteiger partial charge in [0.25, 0.3) is 0 Å². The van der Waals surface area contributed by atoms with Gasteiger partial charge in [-0.25, -0.2) is 0 Å². The number of rotatable bonds is 4. The molecule has 0 radical (unpaired) electrons. The number of hydrogen-bond donors (Lipinski definition) is 0. The van der Waals surface area contributed by atoms with Gasteiger partial charge < -0.3 is 4.90 Å². The van der Waals surface area contributed by atoms with Gasteiger partial charge in [0, 0.05) is 17.5 Å². The Hall–Kier alpha value is -2.12. The van der Waals surface area contributed by atoms with Crippen LogP contribution in [0, 0.1) is 11.3 Å². The SMILES string of the molecule is CN(Cc1cccs1)c1ccc(C=O)cc1C#N. The molecular formula is C14H12N2OS. The van der Waals surface area contributed by atoms with Crippen molar-refractivity contribution in [2.24, 2.45) is 0 Å². The highest BCUT2D eigenvalue weighted by Gasteiger charge is 2.09. The second-order valence-electron chi connectivity index (χ2n) is 3.94. The molecule has 0 unspecified atom stereocenters. The number of nitriles is 1. The average molecular weight is 256 g/mol. The highest BCUT2D eigenvalue weighted by molar-refractivity contribution is 7.09. The van der Waals surface area contributed by atoms with E-state index in [0.29, 0.717) is 11.1 Å². The number of hydrogen-bond acceptors (Lipinski definition) is 4. The van der Waals surface area contributed by atoms with Crippen molar-refractivity contribution in [1.29, 1.82) is 5.26 Å². The number of nitrogens with zero attached hydrogens (tertiary/aromatic N) is 2. The van der Waals surface area contributed by atoms with Crippen molar-refractivity contribution in [3.8, 4) is 6.07 Å². The summed E-state index contributed by atoms with van der Waals surface area (Å²) >= 11 is 1.69. The van der Waals surface area contributed by atoms with Crippen molar-refractivity contribution in [1.82, 2.24) is 0 Å². The summed E-state index contributed by atoms with van der Waals surface area (Å²) < 4.78 is 0. The molecule has 4 heteroatoms. The molecule has 0 fully saturated rings. The predicted molar refractivity (Wildman–Crippen MR) is 73.0 cm³/mol. The number of carbonyl (C=O) groups excluding carboxylic acids is 1. The van der Waals surface area contributed by atoms with Crippen LogP contribution in [0.15, 0.2) is 35.7 Å². The highest BCUT2D eigenvalue weighted by atomic mass is 32.1. The van der Waals surface area contributed by atoms with Crippen molar-refractivity contribution >= 4 is 23.3 Å². The van der Waals surface area contributed by atoms with Crippen LogP contribution in [0.2, 0.25) is 0 Å². The molecule has 1 aromatic heterocycles. The Morgan fingerprint density at radius 3 is 2.89 bits per heavy atom. The average Bonchev–Trinajstić information content (AvgIpc) is 2.90. The molecule has 18 heavy (non-hydrogen) atoms. The second kappa shape index (κ2) is 5.48. The quantitative estimate of drug-likeness (QED) is 0.790. The second-order valence-corrected chi connectivity index (χ2v) is 4.97. The fraction of sp³-hybridized carbons (Fsp3) is 0.143. The monoisotopic (exact) mass is 256 g/mol. The van der Waals surface area contributed by atoms with Crippen LogP contribution in [0.3, 0.4) is 0 Å². The van der Waals surface area contributed by atoms with Crippen molar-refractivity contribution in [3.05, 3.63) is 51.7 Å². The summed E-state index contributed by atoms with van der Waals surface area (Å²) in [5, 5.41) is 11.2. The van der Waals surface area contributed by atoms with Gasteiger partial charge in [0.2, 0.25) is 0 Å². The molecule has 0 amide bonds. The van der Waals surface area contributed by atoms with Crippen LogP contribution in [0.25, 0.3) is 0 Å². The van der Waals surface area contributed by atoms with Gasteiger partial charge in [-0.2, -0.15) is 5.26 Å². The summed E-state index contributed by atoms with van der Waals surface area (Å²) in [6.45, 7) is 0.757. The summed E-state index contributed by atoms with van der Waals surface area (Å²) in [6.07, 6.45) is 0.754. The Labute approximate surface area is 110 Å². The number of benzene rings is 1. The lowest BCUT2D eigenvalue weighted by Crippen LogP contribution is -2.16. The zero-order valence-corrected chi connectivity index (χ0v) is 10.8. The minimum absolute atomic E-state index is 0.527. The molecule has 90 valence electrons. The van der Waals surface area contributed by atoms with E-state index in [0.717, 1.165) is 18.5 Å². The molecule has 1 aromatic carbocycles. The van der Waals surface area contributed by atoms with E-state index in [1.165, 1.54) is 4.88 Å². The van der Waals surface area contributed by atoms with Gasteiger partial charge in [0.05, 0.1) is 17.8 Å². The molecule has 0 aliphatic rings. The zero-order chi connectivity index (χ0) is 13.0. The first-order valence-corrected chi connectivity index (χ1v) is 6.35. The van der Waals surface area contributed by atoms with E-state index in [1.54, 1.807) is 23.5 Å². The minimum Gasteiger partial charge on any atom is -0.368 e. The molecule has 0 bridgehead atoms. The molecule has 2 rings (SSSR count). The van der Waals surface area contributed by atoms with Crippen molar-refractivity contribution in [2.45, 2.75) is 6.54 Å². The molecule has 0 atom stereocenters. The van der Waals surface area contributed by atoms with E-state index >= 15 is 0 Å². The van der Waals surface area contributed by atoms with Gasteiger partial charge in [0.1, 0.15) is 12.4 Å². The number of aldehydes is 1. The topological polar surface area (TPSA) is 44.1 Å². The van der Waals surface area contributed by atoms with Crippen LogP contribution in [0.4, 0.5) is 5.69 Å². The third-order valence-corrected chi connectivity index (χ3v) is 3.52. The third kappa shape index (κ3) is 2.58. The van der Waals surface area contributed by atoms with Gasteiger partial charge in [-0.15, -0.1) is 11.3 Å². The van der Waals surface area contributed by atoms with Crippen LogP contribution in [0.5, 0.6) is 0 Å². The molecule has 1 heterocycles. The van der Waals surface area contributed by atoms with Crippen LogP contribution >= 0.6 is 11.3 Å². The van der Waals surface area contributed by atoms with E-state index in [4.69, 9.17) is 5.26 Å². The molecule has 0 saturated heterocycles. The fourth-order valence-corrected chi connectivity index (χ4v) is 2.53. The number of thiophene rings is 1. The maximum Gasteiger partial charge on any atom is 0.150 e. The Balaban J connectivity index is 2.27. The van der Waals surface area contributed by atoms with Crippen molar-refractivity contribution < 1.29 is 4.79 Å². The lowest BCUT2D eigenvalue weighted by Gasteiger charge is -2.19. The van der Waals surface area contributed by atoms with E-state index in [2.05, 4.69) is 12.1 Å². The molecule has 0 aliphatic carbocycles. The zero-order valence-electron chi connectivity index (χ0n) is 9.96. The first-order chi connectivity index (χ1) is 8.74. The first kappa shape index (κ1) is 12.3. The minimum atomic E-state index is 0.527. The van der Waals surface area contributed by atoms with Gasteiger partial charge >= 0.3 is 0 Å². The van der Waals surface area contributed by atoms with Crippen LogP contribution < -0.4 is 4.90 Å². The van der Waals surface area contributed by atoms with Crippen molar-refractivity contribution in [3.63, 3.8) is 0 Å². The predicted octanol–water partition coefficient (Wildman–Crippen LogP) is 3.07. The summed E-state index contributed by atoms with van der Waals surface area (Å²) in [5.41, 5.74) is 1.90. The van der Waals surface area contributed by atoms with Gasteiger partial charge in [-0.1, -0.05) is 6.07 Å². The lowest BCUT2D eigenvalue weighted by molar-refractivity contribution is 0.112. The Morgan fingerprint density at radius 1 is 1.44 bits per heavy atom. The van der Waals surface area contributed by atoms with Crippen LogP contribution in [-0.4, -0.2) is 13.3 Å². The normalized spacial score (nSPS) is 9.78. The summed E-state index contributed by atoms with van der Waals surface area (Å²) in [6, 6.07) is 11.4. The summed E-state index contributed by atoms with van der Waals surface area (Å²) in [7, 11) is 1.94. The highest BCUT2D eigenvalue weighted by Crippen LogP contribution is 2.22. The molecule has 0 N–H and O–H groups in total. The standard InChI is InChI=1S/C14H12N2OS/c1-16(9-13-3-2-6-18-13)14-5-4-11(10-17)7-12(14)8-15/h2-7,10H,9H2,1H3. The fourth-order valence-electron chi connectivity index (χ4n) is 1.77. The van der Waals surface area contributed by atoms with Gasteiger partial charge in [-0.3, -0.25) is 4.79 Å². The molecule has 0 spiro atoms. The Morgan fingerprint density at radius 2 is 2.28 bits per heavy atom. The molecule has 0 saturated carbocycles. The molecule has 0 aliphatic heterocycles. The number of carbonyl (C=O) groups is 1. The van der Waals surface area contributed by atoms with Crippen molar-refractivity contribution in [2.75, 3.05) is 11.9 Å². The van der Waals surface area contributed by atoms with Gasteiger partial charge in [0.15, 0.2) is 0 Å². The summed E-state index contributed by atoms with van der Waals surface area (Å²) in [5.74, 6) is 0. The molecule has 2 aromatic rings. The maximum atomic E-state index is 10.7. The molecule has 3 nitrogen and oxygen atoms in total. The number of anilines is 1. The van der Waals surface area contributed by atoms with E-state index in [1.807, 2.05) is 29.5 Å².